The van der Waals surface area contributed by atoms with Gasteiger partial charge in [0.15, 0.2) is 0 Å². The van der Waals surface area contributed by atoms with E-state index in [0.717, 1.165) is 5.57 Å². The zero-order chi connectivity index (χ0) is 9.68. The van der Waals surface area contributed by atoms with Crippen LogP contribution in [0.4, 0.5) is 0 Å². The van der Waals surface area contributed by atoms with Gasteiger partial charge in [0.1, 0.15) is 0 Å². The highest BCUT2D eigenvalue weighted by Crippen LogP contribution is 2.11. The fourth-order valence-corrected chi connectivity index (χ4v) is 1.09. The Bertz CT molecular complexity index is 298. The maximum absolute atomic E-state index is 3.97. The molecule has 0 N–H and O–H groups in total. The van der Waals surface area contributed by atoms with E-state index in [1.54, 1.807) is 0 Å². The molecule has 0 spiro atoms. The SMILES string of the molecule is C=C1/C=C\C=C/C(C)/C=C\C=C/1C. The van der Waals surface area contributed by atoms with Gasteiger partial charge >= 0.3 is 0 Å². The van der Waals surface area contributed by atoms with Crippen molar-refractivity contribution in [1.29, 1.82) is 0 Å². The van der Waals surface area contributed by atoms with E-state index >= 15 is 0 Å². The Morgan fingerprint density at radius 2 is 1.85 bits per heavy atom. The predicted molar refractivity (Wildman–Crippen MR) is 59.5 cm³/mol. The largest absolute Gasteiger partial charge is 0.0915 e. The summed E-state index contributed by atoms with van der Waals surface area (Å²) in [6, 6.07) is 0. The summed E-state index contributed by atoms with van der Waals surface area (Å²) in [6.45, 7) is 8.21. The van der Waals surface area contributed by atoms with E-state index in [1.165, 1.54) is 5.57 Å². The summed E-state index contributed by atoms with van der Waals surface area (Å²) < 4.78 is 0. The van der Waals surface area contributed by atoms with Crippen LogP contribution >= 0.6 is 0 Å². The van der Waals surface area contributed by atoms with Crippen molar-refractivity contribution in [3.05, 3.63) is 60.3 Å². The molecule has 0 amide bonds. The van der Waals surface area contributed by atoms with Crippen LogP contribution in [0.2, 0.25) is 0 Å². The molecule has 1 aliphatic rings. The lowest BCUT2D eigenvalue weighted by atomic mass is 10.1. The second-order valence-corrected chi connectivity index (χ2v) is 3.36. The van der Waals surface area contributed by atoms with E-state index in [-0.39, 0.29) is 0 Å². The van der Waals surface area contributed by atoms with Crippen LogP contribution in [0.1, 0.15) is 13.8 Å². The molecule has 0 heteroatoms. The highest BCUT2D eigenvalue weighted by Gasteiger charge is 1.92. The summed E-state index contributed by atoms with van der Waals surface area (Å²) in [5.41, 5.74) is 2.29. The lowest BCUT2D eigenvalue weighted by Gasteiger charge is -2.00. The molecular formula is C13H16. The zero-order valence-electron chi connectivity index (χ0n) is 8.33. The van der Waals surface area contributed by atoms with Crippen molar-refractivity contribution in [2.75, 3.05) is 0 Å². The molecule has 0 fully saturated rings. The van der Waals surface area contributed by atoms with Crippen LogP contribution < -0.4 is 0 Å². The first kappa shape index (κ1) is 9.79. The average molecular weight is 172 g/mol. The quantitative estimate of drug-likeness (QED) is 0.521. The molecule has 0 saturated carbocycles. The predicted octanol–water partition coefficient (Wildman–Crippen LogP) is 3.81. The van der Waals surface area contributed by atoms with E-state index < -0.39 is 0 Å². The normalized spacial score (nSPS) is 34.5. The molecule has 0 aromatic carbocycles. The molecule has 0 radical (unpaired) electrons. The summed E-state index contributed by atoms with van der Waals surface area (Å²) in [5, 5.41) is 0. The first-order chi connectivity index (χ1) is 6.20. The molecule has 1 rings (SSSR count). The fraction of sp³-hybridized carbons (Fsp3) is 0.231. The molecule has 0 aromatic heterocycles. The van der Waals surface area contributed by atoms with Crippen molar-refractivity contribution >= 4 is 0 Å². The topological polar surface area (TPSA) is 0 Å². The molecular weight excluding hydrogens is 156 g/mol. The third-order valence-electron chi connectivity index (χ3n) is 2.09. The van der Waals surface area contributed by atoms with Gasteiger partial charge in [0.2, 0.25) is 0 Å². The van der Waals surface area contributed by atoms with Gasteiger partial charge in [0.05, 0.1) is 0 Å². The first-order valence-corrected chi connectivity index (χ1v) is 4.59. The van der Waals surface area contributed by atoms with E-state index in [2.05, 4.69) is 50.8 Å². The van der Waals surface area contributed by atoms with Crippen LogP contribution in [0.5, 0.6) is 0 Å². The lowest BCUT2D eigenvalue weighted by molar-refractivity contribution is 0.939. The molecule has 0 saturated heterocycles. The van der Waals surface area contributed by atoms with Gasteiger partial charge in [0.25, 0.3) is 0 Å². The molecule has 1 atom stereocenters. The summed E-state index contributed by atoms with van der Waals surface area (Å²) in [5.74, 6) is 0.500. The maximum atomic E-state index is 3.97. The van der Waals surface area contributed by atoms with Gasteiger partial charge in [-0.05, 0) is 24.0 Å². The van der Waals surface area contributed by atoms with Crippen LogP contribution in [0, 0.1) is 5.92 Å². The Morgan fingerprint density at radius 3 is 2.62 bits per heavy atom. The second-order valence-electron chi connectivity index (χ2n) is 3.36. The monoisotopic (exact) mass is 172 g/mol. The summed E-state index contributed by atoms with van der Waals surface area (Å²) in [4.78, 5) is 0. The highest BCUT2D eigenvalue weighted by molar-refractivity contribution is 5.39. The minimum absolute atomic E-state index is 0.500. The van der Waals surface area contributed by atoms with Gasteiger partial charge in [0, 0.05) is 0 Å². The second kappa shape index (κ2) is 4.66. The van der Waals surface area contributed by atoms with Crippen molar-refractivity contribution in [2.24, 2.45) is 5.92 Å². The maximum Gasteiger partial charge on any atom is -0.00756 e. The van der Waals surface area contributed by atoms with Crippen molar-refractivity contribution in [3.8, 4) is 0 Å². The van der Waals surface area contributed by atoms with Crippen molar-refractivity contribution < 1.29 is 0 Å². The van der Waals surface area contributed by atoms with Crippen LogP contribution in [-0.2, 0) is 0 Å². The molecule has 0 nitrogen and oxygen atoms in total. The molecule has 0 bridgehead atoms. The van der Waals surface area contributed by atoms with Crippen molar-refractivity contribution in [2.45, 2.75) is 13.8 Å². The standard InChI is InChI=1S/C13H16/c1-11-7-4-5-9-12(2)13(3)10-6-8-11/h4-11H,2H2,1,3H3/b7-4-,8-6-,9-5-,13-10-. The van der Waals surface area contributed by atoms with Crippen LogP contribution in [-0.4, -0.2) is 0 Å². The third-order valence-corrected chi connectivity index (χ3v) is 2.09. The molecule has 1 aliphatic carbocycles. The smallest absolute Gasteiger partial charge is 0.00756 e. The number of hydrogen-bond acceptors (Lipinski definition) is 0. The van der Waals surface area contributed by atoms with Crippen molar-refractivity contribution in [3.63, 3.8) is 0 Å². The highest BCUT2D eigenvalue weighted by atomic mass is 14.0. The Labute approximate surface area is 80.7 Å². The number of rotatable bonds is 0. The Morgan fingerprint density at radius 1 is 1.15 bits per heavy atom. The molecule has 13 heavy (non-hydrogen) atoms. The first-order valence-electron chi connectivity index (χ1n) is 4.59. The summed E-state index contributed by atoms with van der Waals surface area (Å²) >= 11 is 0. The molecule has 0 aromatic rings. The van der Waals surface area contributed by atoms with Gasteiger partial charge in [-0.1, -0.05) is 56.0 Å². The van der Waals surface area contributed by atoms with E-state index in [9.17, 15) is 0 Å². The Hall–Kier alpha value is -1.30. The minimum Gasteiger partial charge on any atom is -0.0915 e. The number of allylic oxidation sites excluding steroid dienone is 9. The molecule has 0 heterocycles. The lowest BCUT2D eigenvalue weighted by Crippen LogP contribution is -1.83. The summed E-state index contributed by atoms with van der Waals surface area (Å²) in [6.07, 6.45) is 14.7. The fourth-order valence-electron chi connectivity index (χ4n) is 1.09. The molecule has 68 valence electrons. The number of hydrogen-bond donors (Lipinski definition) is 0. The van der Waals surface area contributed by atoms with Crippen molar-refractivity contribution in [1.82, 2.24) is 0 Å². The Kier molecular flexibility index (Phi) is 3.51. The van der Waals surface area contributed by atoms with Gasteiger partial charge in [-0.2, -0.15) is 0 Å². The summed E-state index contributed by atoms with van der Waals surface area (Å²) in [7, 11) is 0. The van der Waals surface area contributed by atoms with Crippen LogP contribution in [0.25, 0.3) is 0 Å². The minimum atomic E-state index is 0.500. The van der Waals surface area contributed by atoms with E-state index in [0.29, 0.717) is 5.92 Å². The van der Waals surface area contributed by atoms with Crippen LogP contribution in [0.3, 0.4) is 0 Å². The van der Waals surface area contributed by atoms with E-state index in [4.69, 9.17) is 0 Å². The van der Waals surface area contributed by atoms with Crippen LogP contribution in [0.15, 0.2) is 60.3 Å². The van der Waals surface area contributed by atoms with Gasteiger partial charge in [-0.25, -0.2) is 0 Å². The zero-order valence-corrected chi connectivity index (χ0v) is 8.33. The van der Waals surface area contributed by atoms with Gasteiger partial charge < -0.3 is 0 Å². The molecule has 1 unspecified atom stereocenters. The molecule has 0 aliphatic heterocycles. The third kappa shape index (κ3) is 3.29. The Balaban J connectivity index is 2.89. The van der Waals surface area contributed by atoms with Gasteiger partial charge in [-0.15, -0.1) is 0 Å². The average Bonchev–Trinajstić information content (AvgIpc) is 2.11. The van der Waals surface area contributed by atoms with E-state index in [1.807, 2.05) is 12.2 Å². The van der Waals surface area contributed by atoms with Gasteiger partial charge in [-0.3, -0.25) is 0 Å².